The Labute approximate surface area is 182 Å². The van der Waals surface area contributed by atoms with Crippen molar-refractivity contribution in [2.45, 2.75) is 26.1 Å². The normalized spacial score (nSPS) is 18.0. The Hall–Kier alpha value is -2.55. The van der Waals surface area contributed by atoms with Gasteiger partial charge < -0.3 is 23.9 Å². The first kappa shape index (κ1) is 21.7. The molecule has 0 amide bonds. The molecular weight excluding hydrogens is 398 g/mol. The predicted octanol–water partition coefficient (Wildman–Crippen LogP) is 1.67. The molecule has 1 saturated heterocycles. The molecule has 1 N–H and O–H groups in total. The van der Waals surface area contributed by atoms with Crippen LogP contribution in [0.4, 0.5) is 0 Å². The van der Waals surface area contributed by atoms with Crippen LogP contribution in [-0.4, -0.2) is 73.8 Å². The average molecular weight is 430 g/mol. The third-order valence-electron chi connectivity index (χ3n) is 6.18. The lowest BCUT2D eigenvalue weighted by atomic mass is 9.98. The quantitative estimate of drug-likeness (QED) is 0.743. The number of likely N-dealkylation sites (N-methyl/N-ethyl adjacent to an activating group) is 1. The number of aromatic hydroxyl groups is 1. The van der Waals surface area contributed by atoms with Crippen molar-refractivity contribution in [3.63, 3.8) is 0 Å². The van der Waals surface area contributed by atoms with Gasteiger partial charge in [0.05, 0.1) is 27.3 Å². The van der Waals surface area contributed by atoms with Crippen LogP contribution in [0.3, 0.4) is 0 Å². The fourth-order valence-corrected chi connectivity index (χ4v) is 4.28. The third-order valence-corrected chi connectivity index (χ3v) is 6.18. The molecule has 4 rings (SSSR count). The third kappa shape index (κ3) is 4.87. The second-order valence-electron chi connectivity index (χ2n) is 8.36. The fourth-order valence-electron chi connectivity index (χ4n) is 4.28. The van der Waals surface area contributed by atoms with E-state index in [1.165, 1.54) is 17.2 Å². The lowest BCUT2D eigenvalue weighted by Crippen LogP contribution is -2.44. The molecule has 0 spiro atoms. The summed E-state index contributed by atoms with van der Waals surface area (Å²) < 4.78 is 16.9. The molecular formula is C23H31N3O5. The summed E-state index contributed by atoms with van der Waals surface area (Å²) in [6, 6.07) is 5.47. The van der Waals surface area contributed by atoms with Gasteiger partial charge in [-0.1, -0.05) is 0 Å². The van der Waals surface area contributed by atoms with Gasteiger partial charge in [-0.15, -0.1) is 0 Å². The van der Waals surface area contributed by atoms with Crippen molar-refractivity contribution in [3.05, 3.63) is 51.1 Å². The molecule has 2 aliphatic heterocycles. The van der Waals surface area contributed by atoms with Gasteiger partial charge in [-0.25, -0.2) is 0 Å². The van der Waals surface area contributed by atoms with E-state index in [0.29, 0.717) is 30.4 Å². The zero-order chi connectivity index (χ0) is 22.0. The highest BCUT2D eigenvalue weighted by Crippen LogP contribution is 2.33. The second kappa shape index (κ2) is 9.30. The Morgan fingerprint density at radius 2 is 1.61 bits per heavy atom. The van der Waals surface area contributed by atoms with Gasteiger partial charge in [0, 0.05) is 45.3 Å². The highest BCUT2D eigenvalue weighted by Gasteiger charge is 2.22. The number of hydrogen-bond donors (Lipinski definition) is 1. The first-order valence-corrected chi connectivity index (χ1v) is 10.7. The van der Waals surface area contributed by atoms with E-state index in [1.54, 1.807) is 14.2 Å². The number of hydrogen-bond acceptors (Lipinski definition) is 8. The van der Waals surface area contributed by atoms with Crippen molar-refractivity contribution in [1.29, 1.82) is 0 Å². The van der Waals surface area contributed by atoms with Crippen LogP contribution in [0.5, 0.6) is 17.2 Å². The van der Waals surface area contributed by atoms with Gasteiger partial charge in [0.15, 0.2) is 17.3 Å². The van der Waals surface area contributed by atoms with Crippen LogP contribution in [0.2, 0.25) is 0 Å². The second-order valence-corrected chi connectivity index (χ2v) is 8.36. The van der Waals surface area contributed by atoms with Crippen molar-refractivity contribution in [2.24, 2.45) is 0 Å². The number of piperazine rings is 1. The largest absolute Gasteiger partial charge is 0.502 e. The van der Waals surface area contributed by atoms with Crippen LogP contribution in [0, 0.1) is 0 Å². The molecule has 1 aromatic heterocycles. The maximum Gasteiger partial charge on any atom is 0.227 e. The Kier molecular flexibility index (Phi) is 6.50. The van der Waals surface area contributed by atoms with E-state index in [2.05, 4.69) is 21.7 Å². The van der Waals surface area contributed by atoms with Crippen molar-refractivity contribution >= 4 is 0 Å². The molecule has 2 aromatic rings. The monoisotopic (exact) mass is 429 g/mol. The predicted molar refractivity (Wildman–Crippen MR) is 117 cm³/mol. The van der Waals surface area contributed by atoms with Crippen LogP contribution < -0.4 is 14.9 Å². The topological polar surface area (TPSA) is 78.6 Å². The summed E-state index contributed by atoms with van der Waals surface area (Å²) in [5.41, 5.74) is 2.05. The SMILES string of the molecule is COc1cc2c(cc1OC)CN(Cc1cc(=O)c(O)c(CN3CCN(C)CC3)o1)CC2. The van der Waals surface area contributed by atoms with E-state index in [-0.39, 0.29) is 11.2 Å². The molecule has 8 heteroatoms. The molecule has 0 aliphatic carbocycles. The summed E-state index contributed by atoms with van der Waals surface area (Å²) in [5, 5.41) is 10.3. The highest BCUT2D eigenvalue weighted by atomic mass is 16.5. The number of rotatable bonds is 6. The summed E-state index contributed by atoms with van der Waals surface area (Å²) >= 11 is 0. The molecule has 0 unspecified atom stereocenters. The summed E-state index contributed by atoms with van der Waals surface area (Å²) in [6.07, 6.45) is 0.881. The summed E-state index contributed by atoms with van der Waals surface area (Å²) in [5.74, 6) is 2.12. The van der Waals surface area contributed by atoms with E-state index in [0.717, 1.165) is 51.4 Å². The van der Waals surface area contributed by atoms with Crippen LogP contribution in [0.1, 0.15) is 22.6 Å². The minimum atomic E-state index is -0.380. The van der Waals surface area contributed by atoms with Crippen LogP contribution in [0.25, 0.3) is 0 Å². The molecule has 0 atom stereocenters. The lowest BCUT2D eigenvalue weighted by Gasteiger charge is -2.32. The lowest BCUT2D eigenvalue weighted by molar-refractivity contribution is 0.134. The van der Waals surface area contributed by atoms with Gasteiger partial charge in [0.2, 0.25) is 11.2 Å². The zero-order valence-electron chi connectivity index (χ0n) is 18.5. The van der Waals surface area contributed by atoms with Crippen LogP contribution >= 0.6 is 0 Å². The highest BCUT2D eigenvalue weighted by molar-refractivity contribution is 5.48. The van der Waals surface area contributed by atoms with E-state index in [1.807, 2.05) is 12.1 Å². The molecule has 0 radical (unpaired) electrons. The number of methoxy groups -OCH3 is 2. The number of fused-ring (bicyclic) bond motifs is 1. The van der Waals surface area contributed by atoms with Gasteiger partial charge in [0.1, 0.15) is 5.76 Å². The molecule has 0 bridgehead atoms. The van der Waals surface area contributed by atoms with E-state index < -0.39 is 0 Å². The van der Waals surface area contributed by atoms with Gasteiger partial charge in [-0.3, -0.25) is 14.6 Å². The Morgan fingerprint density at radius 1 is 0.935 bits per heavy atom. The van der Waals surface area contributed by atoms with E-state index >= 15 is 0 Å². The summed E-state index contributed by atoms with van der Waals surface area (Å²) in [4.78, 5) is 19.1. The van der Waals surface area contributed by atoms with Gasteiger partial charge in [0.25, 0.3) is 0 Å². The Morgan fingerprint density at radius 3 is 2.29 bits per heavy atom. The fraction of sp³-hybridized carbons (Fsp3) is 0.522. The standard InChI is InChI=1S/C23H31N3O5/c1-24-6-8-25(9-7-24)15-22-23(28)19(27)12-18(31-22)14-26-5-4-16-10-20(29-2)21(30-3)11-17(16)13-26/h10-12,28H,4-9,13-15H2,1-3H3. The molecule has 31 heavy (non-hydrogen) atoms. The van der Waals surface area contributed by atoms with Crippen molar-refractivity contribution in [2.75, 3.05) is 54.0 Å². The number of nitrogens with zero attached hydrogens (tertiary/aromatic N) is 3. The first-order chi connectivity index (χ1) is 15.0. The number of ether oxygens (including phenoxy) is 2. The summed E-state index contributed by atoms with van der Waals surface area (Å²) in [6.45, 7) is 6.24. The van der Waals surface area contributed by atoms with Crippen molar-refractivity contribution in [3.8, 4) is 17.2 Å². The minimum Gasteiger partial charge on any atom is -0.502 e. The molecule has 8 nitrogen and oxygen atoms in total. The van der Waals surface area contributed by atoms with Gasteiger partial charge >= 0.3 is 0 Å². The van der Waals surface area contributed by atoms with E-state index in [4.69, 9.17) is 13.9 Å². The molecule has 3 heterocycles. The Bertz CT molecular complexity index is 982. The molecule has 1 aromatic carbocycles. The Balaban J connectivity index is 1.48. The van der Waals surface area contributed by atoms with Crippen molar-refractivity contribution in [1.82, 2.24) is 14.7 Å². The van der Waals surface area contributed by atoms with Gasteiger partial charge in [-0.05, 0) is 36.7 Å². The number of benzene rings is 1. The molecule has 0 saturated carbocycles. The molecule has 168 valence electrons. The maximum absolute atomic E-state index is 12.4. The molecule has 1 fully saturated rings. The zero-order valence-corrected chi connectivity index (χ0v) is 18.5. The smallest absolute Gasteiger partial charge is 0.227 e. The minimum absolute atomic E-state index is 0.275. The van der Waals surface area contributed by atoms with Crippen molar-refractivity contribution < 1.29 is 19.0 Å². The molecule has 2 aliphatic rings. The maximum atomic E-state index is 12.4. The average Bonchev–Trinajstić information content (AvgIpc) is 2.77. The first-order valence-electron chi connectivity index (χ1n) is 10.7. The van der Waals surface area contributed by atoms with Gasteiger partial charge in [-0.2, -0.15) is 0 Å². The van der Waals surface area contributed by atoms with Crippen LogP contribution in [0.15, 0.2) is 27.4 Å². The van der Waals surface area contributed by atoms with E-state index in [9.17, 15) is 9.90 Å². The van der Waals surface area contributed by atoms with Crippen LogP contribution in [-0.2, 0) is 26.1 Å². The summed E-state index contributed by atoms with van der Waals surface area (Å²) in [7, 11) is 5.38.